The average Bonchev–Trinajstić information content (AvgIpc) is 0.915. The van der Waals surface area contributed by atoms with Crippen LogP contribution >= 0.6 is 99.0 Å². The first-order valence-corrected chi connectivity index (χ1v) is 58.8. The van der Waals surface area contributed by atoms with Crippen LogP contribution in [0.2, 0.25) is 0 Å². The number of carbonyl (C=O) groups excluding carboxylic acids is 1. The number of aliphatic imine (C=N–C) groups is 2. The summed E-state index contributed by atoms with van der Waals surface area (Å²) in [5.41, 5.74) is 26.6. The number of hydrogen-bond donors (Lipinski definition) is 6. The fraction of sp³-hybridized carbons (Fsp3) is 0.591. The zero-order chi connectivity index (χ0) is 103. The van der Waals surface area contributed by atoms with Crippen molar-refractivity contribution in [1.29, 1.82) is 5.41 Å². The monoisotopic (exact) mass is 2360 g/mol. The van der Waals surface area contributed by atoms with Crippen molar-refractivity contribution in [3.05, 3.63) is 204 Å². The fourth-order valence-corrected chi connectivity index (χ4v) is 27.6. The number of ether oxygens (including phenoxy) is 6. The Bertz CT molecular complexity index is 5640. The van der Waals surface area contributed by atoms with Gasteiger partial charge in [0.25, 0.3) is 10.1 Å². The van der Waals surface area contributed by atoms with Crippen molar-refractivity contribution in [3.8, 4) is 39.9 Å². The van der Waals surface area contributed by atoms with E-state index in [2.05, 4.69) is 259 Å². The molecule has 5 saturated carbocycles. The summed E-state index contributed by atoms with van der Waals surface area (Å²) >= 11 is 18.8. The zero-order valence-corrected chi connectivity index (χ0v) is 100. The topological polar surface area (TPSA) is 278 Å². The van der Waals surface area contributed by atoms with E-state index in [1.54, 1.807) is 29.6 Å². The van der Waals surface area contributed by atoms with Gasteiger partial charge in [-0.2, -0.15) is 8.42 Å². The molecule has 143 heavy (non-hydrogen) atoms. The summed E-state index contributed by atoms with van der Waals surface area (Å²) in [5.74, 6) is 11.2. The molecule has 6 aromatic rings. The van der Waals surface area contributed by atoms with Crippen LogP contribution in [0.1, 0.15) is 323 Å². The van der Waals surface area contributed by atoms with Gasteiger partial charge in [0, 0.05) is 96.3 Å². The number of Topliss-reactive ketones (excluding diaryl/α,β-unsaturated/α-hetero) is 1. The summed E-state index contributed by atoms with van der Waals surface area (Å²) in [7, 11) is -3.67. The zero-order valence-electron chi connectivity index (χ0n) is 87.4. The quantitative estimate of drug-likeness (QED) is 0.0239. The standard InChI is InChI=1S/C28H33N3OS.2C21H29BrN2OS.C20H27BrO2.C18H23BrO2.C4H8O.C2H3.CH4O3S.BrH.Mg/c1-26(2,3)21-10-12-27(13-11-21)18-28(14-15-33-25(29)31-28)23-17-20(8-9-24(23)32-27)19-6-5-7-22(16-19)30-4;1-19(2,3)14-6-8-20(9-7-14)13-21(10-11-26-18(23)24-21)16-12-15(22)4-5-17(16)25-20;1-20(2,3)15-6-9-21(10-7-15)13-14(8-11-26-19(23)24)17-12-16(22)4-5-18(17)25-21;1-5-20(22)13-19(10-8-14(9-11-19)18(2,3)4)23-17-7-6-15(21)12-16(17)20;1-17(2,3)12-6-8-18(9-7-12)11-15(20)14-10-13(19)4-5-16(14)21-18;1-2-4-5-3-1;1-2;1-5(2,3)4;;/h5-9,16-17,21H,10-15,18H2,1-3H3,(H2,29,31);4-5,12,14H,6-11,13H2,1-3H3,(H2,23,24);4-5,8,12,15H,6-7,9-11,13H2,1-3H3,(H3,23,24);5-7,12,14,22H,1,8-11,13H2,2-4H3;4-5,10,12H,6-9,11H2,1-3H3;1-4H2;1H,2H2;1H3,(H,2,3,4);1H;/q;;;;;;-1;;;+2/p-1/b;;14-8+;;;;;;;. The van der Waals surface area contributed by atoms with Crippen molar-refractivity contribution < 1.29 is 68.3 Å². The van der Waals surface area contributed by atoms with Crippen LogP contribution in [0.4, 0.5) is 5.69 Å². The van der Waals surface area contributed by atoms with Crippen molar-refractivity contribution in [1.82, 2.24) is 0 Å². The van der Waals surface area contributed by atoms with E-state index in [0.29, 0.717) is 57.0 Å². The van der Waals surface area contributed by atoms with Crippen molar-refractivity contribution in [2.24, 2.45) is 83.9 Å². The molecule has 0 bridgehead atoms. The largest absolute Gasteiger partial charge is 2.00 e. The Morgan fingerprint density at radius 2 is 0.853 bits per heavy atom. The van der Waals surface area contributed by atoms with Crippen LogP contribution in [0.15, 0.2) is 168 Å². The van der Waals surface area contributed by atoms with Crippen LogP contribution in [-0.4, -0.2) is 127 Å². The van der Waals surface area contributed by atoms with Crippen LogP contribution in [0.5, 0.6) is 28.7 Å². The Balaban J connectivity index is 0.000000179. The van der Waals surface area contributed by atoms with Crippen molar-refractivity contribution in [3.63, 3.8) is 0 Å². The summed E-state index contributed by atoms with van der Waals surface area (Å²) in [5, 5.41) is 20.2. The number of benzene rings is 6. The van der Waals surface area contributed by atoms with Gasteiger partial charge in [0.05, 0.1) is 35.9 Å². The molecule has 3 unspecified atom stereocenters. The Morgan fingerprint density at radius 1 is 0.517 bits per heavy atom. The molecule has 3 atom stereocenters. The average molecular weight is 2360 g/mol. The maximum Gasteiger partial charge on any atom is 2.00 e. The molecule has 0 radical (unpaired) electrons. The third-order valence-electron chi connectivity index (χ3n) is 32.1. The van der Waals surface area contributed by atoms with Gasteiger partial charge in [-0.15, -0.1) is 0 Å². The SMILES string of the molecule is C1CCOC1.C=CC1(O)CC2(CCC(C(C)(C)C)CC2)Oc2ccc(Br)cc21.CC(C)(C)C1CCC2(CC1)C/C(=C\CSC(=N)N)c1cc(Br)ccc1O2.CC(C)(C)C1CCC2(CC1)CC(=O)c1cc(Br)ccc1O2.CC(C)(C)C1CCC2(CC1)CC1(CCSC(N)=N1)c1cc(Br)ccc1O2.CS(=O)(=O)O.[Br-].[C-]#[N+]c1cccc(-c2ccc3c(c2)C2(CCSC(N)=N2)CC2(CCC(C(C)(C)C)CC2)O3)c1.[CH-]=C.[Mg+2]. The predicted octanol–water partition coefficient (Wildman–Crippen LogP) is 27.9. The molecule has 18 nitrogen and oxygen atoms in total. The van der Waals surface area contributed by atoms with Gasteiger partial charge < -0.3 is 74.3 Å². The number of amidine groups is 3. The van der Waals surface area contributed by atoms with Crippen LogP contribution < -0.4 is 57.9 Å². The maximum absolute atomic E-state index is 12.5. The first-order chi connectivity index (χ1) is 66.1. The van der Waals surface area contributed by atoms with E-state index in [1.807, 2.05) is 54.6 Å². The molecule has 6 aromatic carbocycles. The molecule has 1 saturated heterocycles. The number of rotatable bonds is 4. The minimum Gasteiger partial charge on any atom is -1.00 e. The number of aliphatic hydroxyl groups is 1. The van der Waals surface area contributed by atoms with Crippen molar-refractivity contribution >= 4 is 165 Å². The van der Waals surface area contributed by atoms with Gasteiger partial charge in [0.2, 0.25) is 0 Å². The van der Waals surface area contributed by atoms with E-state index in [-0.39, 0.29) is 90.1 Å². The van der Waals surface area contributed by atoms with Gasteiger partial charge in [0.1, 0.15) is 62.4 Å². The van der Waals surface area contributed by atoms with Crippen LogP contribution in [0.3, 0.4) is 0 Å². The number of halogens is 5. The molecule has 7 spiro atoms. The Labute approximate surface area is 928 Å². The van der Waals surface area contributed by atoms with E-state index in [1.165, 1.54) is 79.8 Å². The van der Waals surface area contributed by atoms with E-state index in [0.717, 1.165) is 262 Å². The molecular formula is C115H156Br5MgN7O11S4. The Kier molecular flexibility index (Phi) is 41.4. The fourth-order valence-electron chi connectivity index (χ4n) is 23.9. The predicted molar refractivity (Wildman–Crippen MR) is 606 cm³/mol. The summed E-state index contributed by atoms with van der Waals surface area (Å²) < 4.78 is 67.8. The van der Waals surface area contributed by atoms with Gasteiger partial charge in [0.15, 0.2) is 27.0 Å². The minimum atomic E-state index is -3.67. The molecule has 13 aliphatic rings. The third-order valence-corrected chi connectivity index (χ3v) is 36.3. The molecule has 5 aliphatic carbocycles. The number of carbonyl (C=O) groups is 1. The van der Waals surface area contributed by atoms with Crippen LogP contribution in [0.25, 0.3) is 21.5 Å². The molecule has 6 fully saturated rings. The minimum absolute atomic E-state index is 0. The number of nitrogens with one attached hydrogen (secondary N) is 1. The Morgan fingerprint density at radius 3 is 1.23 bits per heavy atom. The molecule has 9 N–H and O–H groups in total. The van der Waals surface area contributed by atoms with E-state index in [4.69, 9.17) is 72.1 Å². The second kappa shape index (κ2) is 49.3. The van der Waals surface area contributed by atoms with Gasteiger partial charge >= 0.3 is 23.1 Å². The maximum atomic E-state index is 12.5. The van der Waals surface area contributed by atoms with Crippen molar-refractivity contribution in [2.75, 3.05) is 36.7 Å². The number of nitrogens with two attached hydrogens (primary N) is 3. The number of hydrogen-bond acceptors (Lipinski definition) is 18. The van der Waals surface area contributed by atoms with E-state index >= 15 is 0 Å². The third kappa shape index (κ3) is 31.2. The first-order valence-electron chi connectivity index (χ1n) is 50.8. The Hall–Kier alpha value is -4.84. The first kappa shape index (κ1) is 120. The molecule has 8 aliphatic heterocycles. The molecule has 0 aromatic heterocycles. The molecule has 19 rings (SSSR count). The molecule has 0 amide bonds. The summed E-state index contributed by atoms with van der Waals surface area (Å²) in [6.45, 7) is 55.4. The van der Waals surface area contributed by atoms with E-state index < -0.39 is 15.7 Å². The molecule has 28 heteroatoms. The van der Waals surface area contributed by atoms with Gasteiger partial charge in [-0.05, 0) is 318 Å². The van der Waals surface area contributed by atoms with Gasteiger partial charge in [-0.25, -0.2) is 4.85 Å². The molecule has 778 valence electrons. The normalized spacial score (nSPS) is 28.9. The summed E-state index contributed by atoms with van der Waals surface area (Å²) in [6, 6.07) is 38.6. The molecular weight excluding hydrogens is 2210 g/mol. The van der Waals surface area contributed by atoms with Gasteiger partial charge in [-0.3, -0.25) is 31.3 Å². The smallest absolute Gasteiger partial charge is 1.00 e. The molecule has 8 heterocycles. The number of fused-ring (bicyclic) bond motifs is 7. The van der Waals surface area contributed by atoms with Crippen LogP contribution in [-0.2, 0) is 31.5 Å². The summed E-state index contributed by atoms with van der Waals surface area (Å²) in [4.78, 5) is 26.2. The van der Waals surface area contributed by atoms with Crippen molar-refractivity contribution in [2.45, 2.75) is 335 Å². The second-order valence-corrected chi connectivity index (χ2v) is 55.5. The summed E-state index contributed by atoms with van der Waals surface area (Å²) in [6.07, 6.45) is 35.7. The number of nitrogens with zero attached hydrogens (tertiary/aromatic N) is 3. The number of ketones is 1. The van der Waals surface area contributed by atoms with E-state index in [9.17, 15) is 18.3 Å². The number of thioether (sulfide) groups is 3. The second-order valence-electron chi connectivity index (χ2n) is 47.1. The van der Waals surface area contributed by atoms with Gasteiger partial charge in [-0.1, -0.05) is 246 Å². The van der Waals surface area contributed by atoms with Crippen LogP contribution in [0, 0.1) is 75.2 Å².